The van der Waals surface area contributed by atoms with Crippen molar-refractivity contribution in [1.82, 2.24) is 0 Å². The summed E-state index contributed by atoms with van der Waals surface area (Å²) in [6, 6.07) is 76.3. The van der Waals surface area contributed by atoms with Crippen LogP contribution < -0.4 is 0 Å². The molecule has 0 spiro atoms. The lowest BCUT2D eigenvalue weighted by atomic mass is 9.83. The van der Waals surface area contributed by atoms with Gasteiger partial charge in [0.25, 0.3) is 0 Å². The normalized spacial score (nSPS) is 12.6. The molecule has 0 bridgehead atoms. The largest absolute Gasteiger partial charge is 0.0610 e. The maximum atomic E-state index is 2.49. The molecule has 0 fully saturated rings. The van der Waals surface area contributed by atoms with Crippen LogP contribution in [0.5, 0.6) is 0 Å². The number of hydrogen-bond donors (Lipinski definition) is 0. The molecule has 0 saturated heterocycles. The predicted octanol–water partition coefficient (Wildman–Crippen LogP) is 18.4. The van der Waals surface area contributed by atoms with Crippen molar-refractivity contribution in [3.05, 3.63) is 206 Å². The standard InChI is InChI=1S/C64H42/c1-64(2,3)43-27-24-37(25-28-43)57-35-42-23-22-40-34-41(44-30-32-55-51-16-6-12-38-10-4-14-49(60(38)51)53-20-8-18-47(44)62(53)55)26-29-45(40)58(42)36-59(57)46-31-33-56-52-17-7-13-39-11-5-15-50(61(39)52)54-21-9-19-48(46)63(54)56/h4-36H,1-3H3. The van der Waals surface area contributed by atoms with Gasteiger partial charge >= 0.3 is 0 Å². The van der Waals surface area contributed by atoms with Crippen LogP contribution in [0.2, 0.25) is 0 Å². The van der Waals surface area contributed by atoms with E-state index in [2.05, 4.69) is 221 Å². The Morgan fingerprint density at radius 2 is 0.656 bits per heavy atom. The first-order valence-electron chi connectivity index (χ1n) is 22.7. The third-order valence-corrected chi connectivity index (χ3v) is 14.7. The average molecular weight is 811 g/mol. The molecule has 0 heteroatoms. The Hall–Kier alpha value is -7.80. The van der Waals surface area contributed by atoms with Crippen LogP contribution in [0.1, 0.15) is 26.3 Å². The van der Waals surface area contributed by atoms with E-state index in [0.29, 0.717) is 0 Å². The van der Waals surface area contributed by atoms with Crippen LogP contribution >= 0.6 is 0 Å². The summed E-state index contributed by atoms with van der Waals surface area (Å²) in [5.74, 6) is 0. The molecule has 0 aromatic heterocycles. The minimum atomic E-state index is 0.0734. The van der Waals surface area contributed by atoms with Crippen LogP contribution in [0.15, 0.2) is 200 Å². The molecule has 298 valence electrons. The highest BCUT2D eigenvalue weighted by molar-refractivity contribution is 6.36. The Morgan fingerprint density at radius 1 is 0.234 bits per heavy atom. The Balaban J connectivity index is 1.00. The molecule has 0 heterocycles. The molecule has 64 heavy (non-hydrogen) atoms. The van der Waals surface area contributed by atoms with E-state index in [0.717, 1.165) is 0 Å². The molecule has 14 aromatic rings. The number of hydrogen-bond acceptors (Lipinski definition) is 0. The van der Waals surface area contributed by atoms with E-state index in [1.807, 2.05) is 0 Å². The van der Waals surface area contributed by atoms with Gasteiger partial charge in [0, 0.05) is 0 Å². The summed E-state index contributed by atoms with van der Waals surface area (Å²) in [5.41, 5.74) is 8.93. The summed E-state index contributed by atoms with van der Waals surface area (Å²) in [6.45, 7) is 6.87. The highest BCUT2D eigenvalue weighted by Gasteiger charge is 2.21. The second-order valence-corrected chi connectivity index (χ2v) is 19.1. The van der Waals surface area contributed by atoms with Crippen LogP contribution in [0.4, 0.5) is 0 Å². The minimum Gasteiger partial charge on any atom is -0.0610 e. The van der Waals surface area contributed by atoms with E-state index in [9.17, 15) is 0 Å². The van der Waals surface area contributed by atoms with Crippen molar-refractivity contribution in [3.8, 4) is 33.4 Å². The van der Waals surface area contributed by atoms with Gasteiger partial charge in [-0.05, 0) is 170 Å². The quantitative estimate of drug-likeness (QED) is 0.123. The average Bonchev–Trinajstić information content (AvgIpc) is 3.33. The first-order valence-corrected chi connectivity index (χ1v) is 22.7. The van der Waals surface area contributed by atoms with Gasteiger partial charge in [0.15, 0.2) is 0 Å². The number of rotatable bonds is 3. The fourth-order valence-corrected chi connectivity index (χ4v) is 11.7. The summed E-state index contributed by atoms with van der Waals surface area (Å²) in [5, 5.41) is 26.2. The van der Waals surface area contributed by atoms with Crippen molar-refractivity contribution in [1.29, 1.82) is 0 Å². The molecule has 0 amide bonds. The molecule has 14 aromatic carbocycles. The van der Waals surface area contributed by atoms with Gasteiger partial charge in [-0.3, -0.25) is 0 Å². The van der Waals surface area contributed by atoms with Gasteiger partial charge in [-0.25, -0.2) is 0 Å². The van der Waals surface area contributed by atoms with Gasteiger partial charge in [0.2, 0.25) is 0 Å². The van der Waals surface area contributed by atoms with E-state index in [1.54, 1.807) is 0 Å². The van der Waals surface area contributed by atoms with Crippen molar-refractivity contribution in [2.75, 3.05) is 0 Å². The molecule has 0 nitrogen and oxygen atoms in total. The second-order valence-electron chi connectivity index (χ2n) is 19.1. The smallest absolute Gasteiger partial charge is 0.00201 e. The number of benzene rings is 14. The van der Waals surface area contributed by atoms with Crippen LogP contribution in [0.3, 0.4) is 0 Å². The Bertz CT molecular complexity index is 4150. The first-order chi connectivity index (χ1) is 31.4. The molecule has 0 radical (unpaired) electrons. The predicted molar refractivity (Wildman–Crippen MR) is 279 cm³/mol. The highest BCUT2D eigenvalue weighted by Crippen LogP contribution is 2.48. The number of fused-ring (bicyclic) bond motifs is 7. The van der Waals surface area contributed by atoms with Crippen molar-refractivity contribution < 1.29 is 0 Å². The summed E-state index contributed by atoms with van der Waals surface area (Å²) in [4.78, 5) is 0. The maximum Gasteiger partial charge on any atom is -0.00201 e. The Kier molecular flexibility index (Phi) is 7.20. The Morgan fingerprint density at radius 3 is 1.20 bits per heavy atom. The SMILES string of the molecule is CC(C)(C)c1ccc(-c2cc3ccc4cc(-c5ccc6c7cccc8cccc(c9cccc5c96)c87)ccc4c3cc2-c2ccc3c4cccc5cccc(c6cccc2c63)c54)cc1. The van der Waals surface area contributed by atoms with E-state index in [4.69, 9.17) is 0 Å². The van der Waals surface area contributed by atoms with Gasteiger partial charge in [0.05, 0.1) is 0 Å². The second kappa shape index (κ2) is 12.9. The molecule has 0 unspecified atom stereocenters. The van der Waals surface area contributed by atoms with Gasteiger partial charge in [-0.1, -0.05) is 203 Å². The van der Waals surface area contributed by atoms with Gasteiger partial charge < -0.3 is 0 Å². The topological polar surface area (TPSA) is 0 Å². The van der Waals surface area contributed by atoms with Crippen molar-refractivity contribution in [2.45, 2.75) is 26.2 Å². The summed E-state index contributed by atoms with van der Waals surface area (Å²) >= 11 is 0. The fraction of sp³-hybridized carbons (Fsp3) is 0.0625. The third-order valence-electron chi connectivity index (χ3n) is 14.7. The van der Waals surface area contributed by atoms with E-state index in [-0.39, 0.29) is 5.41 Å². The van der Waals surface area contributed by atoms with Crippen LogP contribution in [-0.4, -0.2) is 0 Å². The van der Waals surface area contributed by atoms with Crippen molar-refractivity contribution in [3.63, 3.8) is 0 Å². The van der Waals surface area contributed by atoms with Crippen LogP contribution in [0, 0.1) is 0 Å². The zero-order chi connectivity index (χ0) is 42.4. The molecule has 0 atom stereocenters. The van der Waals surface area contributed by atoms with Crippen molar-refractivity contribution >= 4 is 108 Å². The zero-order valence-corrected chi connectivity index (χ0v) is 36.1. The van der Waals surface area contributed by atoms with E-state index in [1.165, 1.54) is 147 Å². The van der Waals surface area contributed by atoms with Gasteiger partial charge in [0.1, 0.15) is 0 Å². The molecule has 14 rings (SSSR count). The van der Waals surface area contributed by atoms with Crippen LogP contribution in [0.25, 0.3) is 141 Å². The molecular weight excluding hydrogens is 769 g/mol. The molecular formula is C64H42. The summed E-state index contributed by atoms with van der Waals surface area (Å²) in [7, 11) is 0. The monoisotopic (exact) mass is 810 g/mol. The Labute approximate surface area is 371 Å². The lowest BCUT2D eigenvalue weighted by Crippen LogP contribution is -2.10. The van der Waals surface area contributed by atoms with Crippen LogP contribution in [-0.2, 0) is 5.41 Å². The van der Waals surface area contributed by atoms with E-state index < -0.39 is 0 Å². The lowest BCUT2D eigenvalue weighted by Gasteiger charge is -2.21. The highest BCUT2D eigenvalue weighted by atomic mass is 14.2. The molecule has 0 aliphatic heterocycles. The minimum absolute atomic E-state index is 0.0734. The fourth-order valence-electron chi connectivity index (χ4n) is 11.7. The van der Waals surface area contributed by atoms with E-state index >= 15 is 0 Å². The van der Waals surface area contributed by atoms with Crippen molar-refractivity contribution in [2.24, 2.45) is 0 Å². The molecule has 0 saturated carbocycles. The first kappa shape index (κ1) is 35.8. The summed E-state index contributed by atoms with van der Waals surface area (Å²) < 4.78 is 0. The lowest BCUT2D eigenvalue weighted by molar-refractivity contribution is 0.590. The van der Waals surface area contributed by atoms with Gasteiger partial charge in [-0.2, -0.15) is 0 Å². The third kappa shape index (κ3) is 4.94. The zero-order valence-electron chi connectivity index (χ0n) is 36.1. The molecule has 0 aliphatic carbocycles. The maximum absolute atomic E-state index is 2.49. The molecule has 0 aliphatic rings. The summed E-state index contributed by atoms with van der Waals surface area (Å²) in [6.07, 6.45) is 0. The molecule has 0 N–H and O–H groups in total. The van der Waals surface area contributed by atoms with Gasteiger partial charge in [-0.15, -0.1) is 0 Å².